The van der Waals surface area contributed by atoms with Gasteiger partial charge in [-0.2, -0.15) is 0 Å². The second kappa shape index (κ2) is 4.48. The van der Waals surface area contributed by atoms with Crippen molar-refractivity contribution in [1.29, 1.82) is 0 Å². The van der Waals surface area contributed by atoms with Crippen LogP contribution in [0.15, 0.2) is 6.20 Å². The number of hydrogen-bond acceptors (Lipinski definition) is 3. The summed E-state index contributed by atoms with van der Waals surface area (Å²) >= 11 is 4.98. The molecular formula is C8H5ClF3NO2. The van der Waals surface area contributed by atoms with Crippen LogP contribution in [-0.4, -0.2) is 17.3 Å². The van der Waals surface area contributed by atoms with E-state index in [1.807, 2.05) is 0 Å². The van der Waals surface area contributed by atoms with Crippen LogP contribution >= 0.6 is 11.6 Å². The summed E-state index contributed by atoms with van der Waals surface area (Å²) in [5, 5.41) is -1.17. The van der Waals surface area contributed by atoms with Crippen LogP contribution in [0.4, 0.5) is 13.2 Å². The predicted molar refractivity (Wildman–Crippen MR) is 45.9 cm³/mol. The van der Waals surface area contributed by atoms with E-state index in [9.17, 15) is 18.0 Å². The number of alkyl halides is 2. The Balaban J connectivity index is 3.39. The first kappa shape index (κ1) is 11.8. The average Bonchev–Trinajstić information content (AvgIpc) is 2.16. The highest BCUT2D eigenvalue weighted by Crippen LogP contribution is 2.31. The number of aromatic nitrogens is 1. The normalized spacial score (nSPS) is 10.5. The van der Waals surface area contributed by atoms with Crippen LogP contribution in [0.3, 0.4) is 0 Å². The van der Waals surface area contributed by atoms with Crippen molar-refractivity contribution in [3.05, 3.63) is 23.3 Å². The molecule has 1 heterocycles. The summed E-state index contributed by atoms with van der Waals surface area (Å²) in [5.74, 6) is -2.00. The molecule has 7 heteroatoms. The molecule has 0 amide bonds. The van der Waals surface area contributed by atoms with Crippen molar-refractivity contribution in [2.45, 2.75) is 6.43 Å². The Labute approximate surface area is 87.8 Å². The van der Waals surface area contributed by atoms with Crippen LogP contribution in [0.2, 0.25) is 0 Å². The van der Waals surface area contributed by atoms with Crippen molar-refractivity contribution in [3.63, 3.8) is 0 Å². The minimum Gasteiger partial charge on any atom is -0.493 e. The number of hydrogen-bond donors (Lipinski definition) is 0. The van der Waals surface area contributed by atoms with E-state index in [4.69, 9.17) is 11.6 Å². The first-order valence-electron chi connectivity index (χ1n) is 3.69. The van der Waals surface area contributed by atoms with Gasteiger partial charge in [-0.3, -0.25) is 4.79 Å². The summed E-state index contributed by atoms with van der Waals surface area (Å²) in [4.78, 5) is 13.8. The second-order valence-electron chi connectivity index (χ2n) is 2.48. The summed E-state index contributed by atoms with van der Waals surface area (Å²) < 4.78 is 42.4. The van der Waals surface area contributed by atoms with E-state index in [0.717, 1.165) is 7.11 Å². The molecule has 0 radical (unpaired) electrons. The van der Waals surface area contributed by atoms with E-state index in [2.05, 4.69) is 9.72 Å². The lowest BCUT2D eigenvalue weighted by atomic mass is 10.2. The zero-order chi connectivity index (χ0) is 11.6. The third-order valence-corrected chi connectivity index (χ3v) is 1.81. The average molecular weight is 240 g/mol. The summed E-state index contributed by atoms with van der Waals surface area (Å²) in [6.07, 6.45) is -2.29. The molecule has 0 saturated carbocycles. The third-order valence-electron chi connectivity index (χ3n) is 1.63. The zero-order valence-corrected chi connectivity index (χ0v) is 8.19. The number of nitrogens with zero attached hydrogens (tertiary/aromatic N) is 1. The van der Waals surface area contributed by atoms with Gasteiger partial charge in [0.05, 0.1) is 12.7 Å². The maximum Gasteiger partial charge on any atom is 0.274 e. The molecule has 0 unspecified atom stereocenters. The standard InChI is InChI=1S/C8H5ClF3NO2/c1-15-6-3(8(11)12)2-13-5(4(6)10)7(9)14/h2,8H,1H3. The van der Waals surface area contributed by atoms with Gasteiger partial charge in [0, 0.05) is 6.20 Å². The molecule has 0 atom stereocenters. The fourth-order valence-electron chi connectivity index (χ4n) is 0.984. The Morgan fingerprint density at radius 3 is 2.60 bits per heavy atom. The third kappa shape index (κ3) is 2.20. The van der Waals surface area contributed by atoms with E-state index in [0.29, 0.717) is 6.20 Å². The van der Waals surface area contributed by atoms with E-state index >= 15 is 0 Å². The smallest absolute Gasteiger partial charge is 0.274 e. The van der Waals surface area contributed by atoms with E-state index < -0.39 is 34.5 Å². The van der Waals surface area contributed by atoms with Gasteiger partial charge in [0.25, 0.3) is 11.7 Å². The van der Waals surface area contributed by atoms with Crippen molar-refractivity contribution in [2.75, 3.05) is 7.11 Å². The van der Waals surface area contributed by atoms with Crippen molar-refractivity contribution < 1.29 is 22.7 Å². The summed E-state index contributed by atoms with van der Waals surface area (Å²) in [6, 6.07) is 0. The quantitative estimate of drug-likeness (QED) is 0.761. The Morgan fingerprint density at radius 2 is 2.20 bits per heavy atom. The molecule has 0 N–H and O–H groups in total. The Kier molecular flexibility index (Phi) is 3.52. The molecule has 82 valence electrons. The van der Waals surface area contributed by atoms with Crippen LogP contribution in [0.1, 0.15) is 22.5 Å². The minimum atomic E-state index is -2.94. The number of carbonyl (C=O) groups excluding carboxylic acids is 1. The fraction of sp³-hybridized carbons (Fsp3) is 0.250. The number of rotatable bonds is 3. The first-order valence-corrected chi connectivity index (χ1v) is 4.07. The van der Waals surface area contributed by atoms with Gasteiger partial charge in [-0.25, -0.2) is 18.2 Å². The SMILES string of the molecule is COc1c(C(F)F)cnc(C(=O)Cl)c1F. The molecule has 0 aliphatic heterocycles. The van der Waals surface area contributed by atoms with Crippen LogP contribution in [0, 0.1) is 5.82 Å². The molecule has 0 fully saturated rings. The molecule has 0 aromatic carbocycles. The maximum absolute atomic E-state index is 13.3. The number of pyridine rings is 1. The van der Waals surface area contributed by atoms with Gasteiger partial charge >= 0.3 is 0 Å². The molecule has 0 aliphatic carbocycles. The number of carbonyl (C=O) groups is 1. The molecule has 1 rings (SSSR count). The van der Waals surface area contributed by atoms with Crippen molar-refractivity contribution in [1.82, 2.24) is 4.98 Å². The lowest BCUT2D eigenvalue weighted by Crippen LogP contribution is -2.05. The van der Waals surface area contributed by atoms with Crippen molar-refractivity contribution in [3.8, 4) is 5.75 Å². The Morgan fingerprint density at radius 1 is 1.60 bits per heavy atom. The van der Waals surface area contributed by atoms with Gasteiger partial charge in [0.1, 0.15) is 0 Å². The van der Waals surface area contributed by atoms with Gasteiger partial charge in [-0.15, -0.1) is 0 Å². The Bertz CT molecular complexity index is 398. The number of methoxy groups -OCH3 is 1. The summed E-state index contributed by atoms with van der Waals surface area (Å²) in [6.45, 7) is 0. The molecule has 0 spiro atoms. The molecule has 0 saturated heterocycles. The zero-order valence-electron chi connectivity index (χ0n) is 7.43. The number of ether oxygens (including phenoxy) is 1. The molecule has 0 aliphatic rings. The van der Waals surface area contributed by atoms with E-state index in [1.165, 1.54) is 0 Å². The second-order valence-corrected chi connectivity index (χ2v) is 2.83. The van der Waals surface area contributed by atoms with Gasteiger partial charge in [-0.05, 0) is 11.6 Å². The van der Waals surface area contributed by atoms with E-state index in [-0.39, 0.29) is 0 Å². The highest BCUT2D eigenvalue weighted by Gasteiger charge is 2.23. The molecule has 0 bridgehead atoms. The van der Waals surface area contributed by atoms with Crippen molar-refractivity contribution in [2.24, 2.45) is 0 Å². The summed E-state index contributed by atoms with van der Waals surface area (Å²) in [7, 11) is 1.01. The van der Waals surface area contributed by atoms with Gasteiger partial charge in [-0.1, -0.05) is 0 Å². The summed E-state index contributed by atoms with van der Waals surface area (Å²) in [5.41, 5.74) is -1.46. The largest absolute Gasteiger partial charge is 0.493 e. The van der Waals surface area contributed by atoms with E-state index in [1.54, 1.807) is 0 Å². The molecule has 1 aromatic heterocycles. The number of halogens is 4. The highest BCUT2D eigenvalue weighted by atomic mass is 35.5. The van der Waals surface area contributed by atoms with Crippen LogP contribution in [0.5, 0.6) is 5.75 Å². The van der Waals surface area contributed by atoms with Crippen LogP contribution < -0.4 is 4.74 Å². The molecule has 1 aromatic rings. The topological polar surface area (TPSA) is 39.2 Å². The van der Waals surface area contributed by atoms with Gasteiger partial charge in [0.2, 0.25) is 0 Å². The van der Waals surface area contributed by atoms with Crippen LogP contribution in [0.25, 0.3) is 0 Å². The first-order chi connectivity index (χ1) is 6.99. The fourth-order valence-corrected chi connectivity index (χ4v) is 1.12. The lowest BCUT2D eigenvalue weighted by Gasteiger charge is -2.09. The lowest BCUT2D eigenvalue weighted by molar-refractivity contribution is 0.107. The van der Waals surface area contributed by atoms with Gasteiger partial charge in [0.15, 0.2) is 17.3 Å². The monoisotopic (exact) mass is 239 g/mol. The van der Waals surface area contributed by atoms with Crippen LogP contribution in [-0.2, 0) is 0 Å². The minimum absolute atomic E-state index is 0.655. The maximum atomic E-state index is 13.3. The van der Waals surface area contributed by atoms with Gasteiger partial charge < -0.3 is 4.74 Å². The molecule has 15 heavy (non-hydrogen) atoms. The highest BCUT2D eigenvalue weighted by molar-refractivity contribution is 6.67. The van der Waals surface area contributed by atoms with Crippen molar-refractivity contribution >= 4 is 16.8 Å². The predicted octanol–water partition coefficient (Wildman–Crippen LogP) is 2.55. The Hall–Kier alpha value is -1.30. The molecule has 3 nitrogen and oxygen atoms in total. The molecular weight excluding hydrogens is 235 g/mol.